The summed E-state index contributed by atoms with van der Waals surface area (Å²) < 4.78 is 19.1. The normalized spacial score (nSPS) is 21.4. The Labute approximate surface area is 150 Å². The van der Waals surface area contributed by atoms with E-state index in [2.05, 4.69) is 5.32 Å². The molecule has 0 aromatic heterocycles. The van der Waals surface area contributed by atoms with Crippen LogP contribution in [0.4, 0.5) is 10.1 Å². The van der Waals surface area contributed by atoms with Gasteiger partial charge in [-0.2, -0.15) is 0 Å². The SMILES string of the molecule is O=C(CN1CCCC1C(=O)N1CCOCC1)Nc1ccc(Cl)cc1F. The number of hydrogen-bond donors (Lipinski definition) is 1. The number of nitrogens with one attached hydrogen (secondary N) is 1. The van der Waals surface area contributed by atoms with Gasteiger partial charge in [0.15, 0.2) is 0 Å². The van der Waals surface area contributed by atoms with Crippen LogP contribution in [-0.2, 0) is 14.3 Å². The summed E-state index contributed by atoms with van der Waals surface area (Å²) in [6.45, 7) is 3.01. The smallest absolute Gasteiger partial charge is 0.240 e. The lowest BCUT2D eigenvalue weighted by molar-refractivity contribution is -0.140. The predicted octanol–water partition coefficient (Wildman–Crippen LogP) is 1.74. The third kappa shape index (κ3) is 4.48. The minimum absolute atomic E-state index is 0.0475. The van der Waals surface area contributed by atoms with Gasteiger partial charge in [0, 0.05) is 18.1 Å². The molecule has 0 aliphatic carbocycles. The summed E-state index contributed by atoms with van der Waals surface area (Å²) in [5, 5.41) is 2.81. The van der Waals surface area contributed by atoms with Crippen molar-refractivity contribution in [3.05, 3.63) is 29.0 Å². The first-order chi connectivity index (χ1) is 12.0. The lowest BCUT2D eigenvalue weighted by Gasteiger charge is -2.32. The Balaban J connectivity index is 1.58. The highest BCUT2D eigenvalue weighted by molar-refractivity contribution is 6.30. The van der Waals surface area contributed by atoms with E-state index in [1.54, 1.807) is 4.90 Å². The molecule has 2 fully saturated rings. The van der Waals surface area contributed by atoms with E-state index in [1.807, 2.05) is 4.90 Å². The van der Waals surface area contributed by atoms with Crippen molar-refractivity contribution in [2.75, 3.05) is 44.7 Å². The molecule has 2 aliphatic heterocycles. The molecule has 25 heavy (non-hydrogen) atoms. The Morgan fingerprint density at radius 3 is 2.76 bits per heavy atom. The first-order valence-electron chi connectivity index (χ1n) is 8.40. The third-order valence-electron chi connectivity index (χ3n) is 4.52. The zero-order valence-corrected chi connectivity index (χ0v) is 14.6. The second-order valence-corrected chi connectivity index (χ2v) is 6.67. The van der Waals surface area contributed by atoms with Gasteiger partial charge in [-0.15, -0.1) is 0 Å². The van der Waals surface area contributed by atoms with Crippen molar-refractivity contribution in [3.63, 3.8) is 0 Å². The highest BCUT2D eigenvalue weighted by Gasteiger charge is 2.35. The van der Waals surface area contributed by atoms with Crippen LogP contribution in [-0.4, -0.2) is 67.0 Å². The van der Waals surface area contributed by atoms with Crippen molar-refractivity contribution in [2.45, 2.75) is 18.9 Å². The maximum absolute atomic E-state index is 13.8. The molecule has 2 saturated heterocycles. The fraction of sp³-hybridized carbons (Fsp3) is 0.529. The number of nitrogens with zero attached hydrogens (tertiary/aromatic N) is 2. The van der Waals surface area contributed by atoms with Crippen LogP contribution in [0.15, 0.2) is 18.2 Å². The van der Waals surface area contributed by atoms with E-state index in [0.29, 0.717) is 32.8 Å². The topological polar surface area (TPSA) is 61.9 Å². The molecule has 1 unspecified atom stereocenters. The summed E-state index contributed by atoms with van der Waals surface area (Å²) in [4.78, 5) is 28.6. The van der Waals surface area contributed by atoms with Crippen LogP contribution in [0.25, 0.3) is 0 Å². The number of ether oxygens (including phenoxy) is 1. The van der Waals surface area contributed by atoms with Gasteiger partial charge in [0.05, 0.1) is 31.5 Å². The van der Waals surface area contributed by atoms with Crippen molar-refractivity contribution < 1.29 is 18.7 Å². The molecule has 0 bridgehead atoms. The number of morpholine rings is 1. The summed E-state index contributed by atoms with van der Waals surface area (Å²) in [5.74, 6) is -0.877. The molecule has 136 valence electrons. The van der Waals surface area contributed by atoms with Crippen molar-refractivity contribution in [3.8, 4) is 0 Å². The lowest BCUT2D eigenvalue weighted by atomic mass is 10.2. The molecule has 1 N–H and O–H groups in total. The van der Waals surface area contributed by atoms with E-state index < -0.39 is 5.82 Å². The van der Waals surface area contributed by atoms with E-state index in [-0.39, 0.29) is 35.1 Å². The Hall–Kier alpha value is -1.70. The standard InChI is InChI=1S/C17H21ClFN3O3/c18-12-3-4-14(13(19)10-12)20-16(23)11-22-5-1-2-15(22)17(24)21-6-8-25-9-7-21/h3-4,10,15H,1-2,5-9,11H2,(H,20,23). The molecule has 0 spiro atoms. The number of carbonyl (C=O) groups is 2. The van der Waals surface area contributed by atoms with Gasteiger partial charge < -0.3 is 15.0 Å². The molecule has 1 atom stereocenters. The van der Waals surface area contributed by atoms with Crippen LogP contribution >= 0.6 is 11.6 Å². The minimum atomic E-state index is -0.580. The van der Waals surface area contributed by atoms with Crippen molar-refractivity contribution in [1.82, 2.24) is 9.80 Å². The van der Waals surface area contributed by atoms with Crippen LogP contribution in [0.1, 0.15) is 12.8 Å². The van der Waals surface area contributed by atoms with E-state index >= 15 is 0 Å². The average molecular weight is 370 g/mol. The molecule has 0 saturated carbocycles. The van der Waals surface area contributed by atoms with Crippen LogP contribution in [0.2, 0.25) is 5.02 Å². The number of halogens is 2. The molecule has 2 heterocycles. The number of anilines is 1. The molecule has 1 aromatic rings. The Morgan fingerprint density at radius 1 is 1.28 bits per heavy atom. The quantitative estimate of drug-likeness (QED) is 0.878. The third-order valence-corrected chi connectivity index (χ3v) is 4.76. The van der Waals surface area contributed by atoms with E-state index in [4.69, 9.17) is 16.3 Å². The first kappa shape index (κ1) is 18.1. The molecule has 8 heteroatoms. The zero-order valence-electron chi connectivity index (χ0n) is 13.8. The summed E-state index contributed by atoms with van der Waals surface area (Å²) in [6.07, 6.45) is 1.60. The highest BCUT2D eigenvalue weighted by Crippen LogP contribution is 2.21. The van der Waals surface area contributed by atoms with Gasteiger partial charge in [0.1, 0.15) is 5.82 Å². The maximum atomic E-state index is 13.8. The first-order valence-corrected chi connectivity index (χ1v) is 8.78. The van der Waals surface area contributed by atoms with Gasteiger partial charge >= 0.3 is 0 Å². The number of hydrogen-bond acceptors (Lipinski definition) is 4. The molecule has 2 aliphatic rings. The van der Waals surface area contributed by atoms with Crippen LogP contribution < -0.4 is 5.32 Å². The minimum Gasteiger partial charge on any atom is -0.378 e. The van der Waals surface area contributed by atoms with Gasteiger partial charge in [-0.1, -0.05) is 11.6 Å². The van der Waals surface area contributed by atoms with Crippen molar-refractivity contribution >= 4 is 29.1 Å². The Kier molecular flexibility index (Phi) is 5.88. The molecule has 2 amide bonds. The second-order valence-electron chi connectivity index (χ2n) is 6.24. The van der Waals surface area contributed by atoms with E-state index in [9.17, 15) is 14.0 Å². The molecule has 3 rings (SSSR count). The van der Waals surface area contributed by atoms with Crippen LogP contribution in [0.3, 0.4) is 0 Å². The number of amides is 2. The summed E-state index contributed by atoms with van der Waals surface area (Å²) in [5.41, 5.74) is 0.0876. The Bertz CT molecular complexity index is 652. The monoisotopic (exact) mass is 369 g/mol. The summed E-state index contributed by atoms with van der Waals surface area (Å²) >= 11 is 5.71. The number of benzene rings is 1. The second kappa shape index (κ2) is 8.12. The maximum Gasteiger partial charge on any atom is 0.240 e. The average Bonchev–Trinajstić information content (AvgIpc) is 3.05. The van der Waals surface area contributed by atoms with Crippen LogP contribution in [0, 0.1) is 5.82 Å². The van der Waals surface area contributed by atoms with Crippen molar-refractivity contribution in [2.24, 2.45) is 0 Å². The lowest BCUT2D eigenvalue weighted by Crippen LogP contribution is -2.50. The number of rotatable bonds is 4. The van der Waals surface area contributed by atoms with Gasteiger partial charge in [-0.25, -0.2) is 4.39 Å². The summed E-state index contributed by atoms with van der Waals surface area (Å²) in [6, 6.07) is 3.80. The van der Waals surface area contributed by atoms with Gasteiger partial charge in [0.25, 0.3) is 0 Å². The van der Waals surface area contributed by atoms with Crippen molar-refractivity contribution in [1.29, 1.82) is 0 Å². The molecule has 1 aromatic carbocycles. The molecular weight excluding hydrogens is 349 g/mol. The number of likely N-dealkylation sites (tertiary alicyclic amines) is 1. The highest BCUT2D eigenvalue weighted by atomic mass is 35.5. The zero-order chi connectivity index (χ0) is 17.8. The summed E-state index contributed by atoms with van der Waals surface area (Å²) in [7, 11) is 0. The van der Waals surface area contributed by atoms with Gasteiger partial charge in [0.2, 0.25) is 11.8 Å². The van der Waals surface area contributed by atoms with Gasteiger partial charge in [-0.05, 0) is 37.6 Å². The fourth-order valence-corrected chi connectivity index (χ4v) is 3.41. The number of carbonyl (C=O) groups excluding carboxylic acids is 2. The van der Waals surface area contributed by atoms with Crippen LogP contribution in [0.5, 0.6) is 0 Å². The Morgan fingerprint density at radius 2 is 2.04 bits per heavy atom. The van der Waals surface area contributed by atoms with E-state index in [1.165, 1.54) is 12.1 Å². The predicted molar refractivity (Wildman–Crippen MR) is 92.0 cm³/mol. The molecule has 0 radical (unpaired) electrons. The molecular formula is C17H21ClFN3O3. The van der Waals surface area contributed by atoms with Gasteiger partial charge in [-0.3, -0.25) is 14.5 Å². The largest absolute Gasteiger partial charge is 0.378 e. The fourth-order valence-electron chi connectivity index (χ4n) is 3.25. The van der Waals surface area contributed by atoms with E-state index in [0.717, 1.165) is 18.9 Å². The molecule has 6 nitrogen and oxygen atoms in total.